The van der Waals surface area contributed by atoms with Crippen LogP contribution in [0.5, 0.6) is 5.75 Å². The fourth-order valence-electron chi connectivity index (χ4n) is 1.53. The monoisotopic (exact) mass is 274 g/mol. The number of methoxy groups -OCH3 is 1. The average Bonchev–Trinajstić information content (AvgIpc) is 2.96. The molecule has 1 heterocycles. The van der Waals surface area contributed by atoms with Crippen LogP contribution < -0.4 is 10.5 Å². The second kappa shape index (κ2) is 6.83. The third-order valence-electron chi connectivity index (χ3n) is 2.37. The van der Waals surface area contributed by atoms with Gasteiger partial charge in [0.2, 0.25) is 0 Å². The highest BCUT2D eigenvalue weighted by Crippen LogP contribution is 2.26. The lowest BCUT2D eigenvalue weighted by molar-refractivity contribution is 0.411. The molecule has 0 aliphatic carbocycles. The highest BCUT2D eigenvalue weighted by atomic mass is 32.2. The Labute approximate surface area is 116 Å². The molecule has 0 amide bonds. The van der Waals surface area contributed by atoms with Crippen LogP contribution in [0.4, 0.5) is 0 Å². The predicted octanol–water partition coefficient (Wildman–Crippen LogP) is 1.42. The van der Waals surface area contributed by atoms with E-state index in [1.807, 2.05) is 18.2 Å². The third kappa shape index (κ3) is 3.74. The molecule has 0 aliphatic heterocycles. The molecule has 1 aromatic carbocycles. The first-order valence-electron chi connectivity index (χ1n) is 5.67. The van der Waals surface area contributed by atoms with Gasteiger partial charge < -0.3 is 10.5 Å². The number of nitrogens with one attached hydrogen (secondary N) is 1. The van der Waals surface area contributed by atoms with Crippen molar-refractivity contribution in [1.82, 2.24) is 15.2 Å². The maximum Gasteiger partial charge on any atom is 0.183 e. The van der Waals surface area contributed by atoms with Gasteiger partial charge in [-0.3, -0.25) is 5.10 Å². The number of rotatable bonds is 4. The molecule has 0 fully saturated rings. The van der Waals surface area contributed by atoms with Crippen LogP contribution in [0.1, 0.15) is 11.1 Å². The van der Waals surface area contributed by atoms with E-state index in [2.05, 4.69) is 27.0 Å². The Bertz CT molecular complexity index is 586. The van der Waals surface area contributed by atoms with E-state index in [9.17, 15) is 0 Å². The average molecular weight is 274 g/mol. The minimum Gasteiger partial charge on any atom is -0.496 e. The zero-order valence-electron chi connectivity index (χ0n) is 10.5. The van der Waals surface area contributed by atoms with Crippen LogP contribution in [0.15, 0.2) is 29.7 Å². The van der Waals surface area contributed by atoms with E-state index >= 15 is 0 Å². The summed E-state index contributed by atoms with van der Waals surface area (Å²) in [6.07, 6.45) is 1.49. The van der Waals surface area contributed by atoms with Gasteiger partial charge in [-0.2, -0.15) is 5.10 Å². The van der Waals surface area contributed by atoms with E-state index in [1.54, 1.807) is 18.9 Å². The van der Waals surface area contributed by atoms with Crippen LogP contribution in [0.25, 0.3) is 0 Å². The second-order valence-corrected chi connectivity index (χ2v) is 4.58. The van der Waals surface area contributed by atoms with Crippen molar-refractivity contribution in [3.05, 3.63) is 35.7 Å². The number of thioether (sulfide) groups is 1. The number of ether oxygens (including phenoxy) is 1. The summed E-state index contributed by atoms with van der Waals surface area (Å²) in [7, 11) is 1.66. The first-order valence-corrected chi connectivity index (χ1v) is 6.66. The molecule has 0 unspecified atom stereocenters. The largest absolute Gasteiger partial charge is 0.496 e. The first kappa shape index (κ1) is 13.5. The normalized spacial score (nSPS) is 9.79. The summed E-state index contributed by atoms with van der Waals surface area (Å²) in [5, 5.41) is 7.40. The summed E-state index contributed by atoms with van der Waals surface area (Å²) in [5.74, 6) is 7.43. The standard InChI is InChI=1S/C13H14N4OS/c1-18-12-5-4-10(3-2-6-14)7-11(12)8-19-13-15-9-16-17-13/h4-5,7,9H,6,8,14H2,1H3,(H,15,16,17). The van der Waals surface area contributed by atoms with Crippen molar-refractivity contribution in [2.75, 3.05) is 13.7 Å². The lowest BCUT2D eigenvalue weighted by atomic mass is 10.1. The molecule has 19 heavy (non-hydrogen) atoms. The van der Waals surface area contributed by atoms with Gasteiger partial charge in [-0.1, -0.05) is 23.6 Å². The van der Waals surface area contributed by atoms with Gasteiger partial charge in [0.15, 0.2) is 5.16 Å². The van der Waals surface area contributed by atoms with Gasteiger partial charge in [0.25, 0.3) is 0 Å². The van der Waals surface area contributed by atoms with Crippen LogP contribution >= 0.6 is 11.8 Å². The number of hydrogen-bond acceptors (Lipinski definition) is 5. The van der Waals surface area contributed by atoms with Gasteiger partial charge in [-0.05, 0) is 18.2 Å². The summed E-state index contributed by atoms with van der Waals surface area (Å²) in [6, 6.07) is 5.84. The Morgan fingerprint density at radius 3 is 3.05 bits per heavy atom. The number of aromatic nitrogens is 3. The molecule has 2 rings (SSSR count). The van der Waals surface area contributed by atoms with E-state index in [0.29, 0.717) is 6.54 Å². The Kier molecular flexibility index (Phi) is 4.84. The van der Waals surface area contributed by atoms with Crippen molar-refractivity contribution < 1.29 is 4.74 Å². The Morgan fingerprint density at radius 2 is 2.37 bits per heavy atom. The zero-order valence-corrected chi connectivity index (χ0v) is 11.3. The lowest BCUT2D eigenvalue weighted by Gasteiger charge is -2.07. The smallest absolute Gasteiger partial charge is 0.183 e. The van der Waals surface area contributed by atoms with Gasteiger partial charge in [-0.15, -0.1) is 0 Å². The minimum atomic E-state index is 0.355. The molecule has 0 radical (unpaired) electrons. The highest BCUT2D eigenvalue weighted by Gasteiger charge is 2.06. The molecule has 0 atom stereocenters. The fourth-order valence-corrected chi connectivity index (χ4v) is 2.29. The lowest BCUT2D eigenvalue weighted by Crippen LogP contribution is -1.94. The van der Waals surface area contributed by atoms with E-state index in [0.717, 1.165) is 27.8 Å². The Balaban J connectivity index is 2.16. The van der Waals surface area contributed by atoms with Crippen molar-refractivity contribution in [3.8, 4) is 17.6 Å². The molecule has 0 saturated carbocycles. The van der Waals surface area contributed by atoms with E-state index in [1.165, 1.54) is 6.33 Å². The Morgan fingerprint density at radius 1 is 1.47 bits per heavy atom. The van der Waals surface area contributed by atoms with Gasteiger partial charge in [-0.25, -0.2) is 4.98 Å². The predicted molar refractivity (Wildman–Crippen MR) is 74.9 cm³/mol. The Hall–Kier alpha value is -1.97. The molecular formula is C13H14N4OS. The minimum absolute atomic E-state index is 0.355. The molecule has 0 aliphatic rings. The summed E-state index contributed by atoms with van der Waals surface area (Å²) in [5.41, 5.74) is 7.36. The number of nitrogens with zero attached hydrogens (tertiary/aromatic N) is 2. The number of benzene rings is 1. The SMILES string of the molecule is COc1ccc(C#CCN)cc1CSc1ncn[nH]1. The summed E-state index contributed by atoms with van der Waals surface area (Å²) < 4.78 is 5.34. The van der Waals surface area contributed by atoms with Crippen molar-refractivity contribution in [3.63, 3.8) is 0 Å². The maximum absolute atomic E-state index is 5.37. The quantitative estimate of drug-likeness (QED) is 0.651. The van der Waals surface area contributed by atoms with Crippen molar-refractivity contribution in [2.24, 2.45) is 5.73 Å². The van der Waals surface area contributed by atoms with Crippen molar-refractivity contribution in [1.29, 1.82) is 0 Å². The van der Waals surface area contributed by atoms with Gasteiger partial charge in [0.05, 0.1) is 13.7 Å². The van der Waals surface area contributed by atoms with Gasteiger partial charge in [0, 0.05) is 16.9 Å². The van der Waals surface area contributed by atoms with Crippen LogP contribution in [0, 0.1) is 11.8 Å². The van der Waals surface area contributed by atoms with E-state index < -0.39 is 0 Å². The van der Waals surface area contributed by atoms with Crippen molar-refractivity contribution >= 4 is 11.8 Å². The van der Waals surface area contributed by atoms with Crippen molar-refractivity contribution in [2.45, 2.75) is 10.9 Å². The molecule has 0 saturated heterocycles. The molecular weight excluding hydrogens is 260 g/mol. The molecule has 3 N–H and O–H groups in total. The van der Waals surface area contributed by atoms with Crippen LogP contribution in [0.3, 0.4) is 0 Å². The van der Waals surface area contributed by atoms with Crippen LogP contribution in [-0.2, 0) is 5.75 Å². The summed E-state index contributed by atoms with van der Waals surface area (Å²) in [4.78, 5) is 4.07. The molecule has 1 aromatic heterocycles. The molecule has 98 valence electrons. The molecule has 6 heteroatoms. The van der Waals surface area contributed by atoms with Gasteiger partial charge >= 0.3 is 0 Å². The highest BCUT2D eigenvalue weighted by molar-refractivity contribution is 7.98. The molecule has 0 spiro atoms. The first-order chi connectivity index (χ1) is 9.33. The molecule has 2 aromatic rings. The third-order valence-corrected chi connectivity index (χ3v) is 3.30. The molecule has 0 bridgehead atoms. The maximum atomic E-state index is 5.37. The number of hydrogen-bond donors (Lipinski definition) is 2. The number of aromatic amines is 1. The number of H-pyrrole nitrogens is 1. The summed E-state index contributed by atoms with van der Waals surface area (Å²) in [6.45, 7) is 0.355. The molecule has 5 nitrogen and oxygen atoms in total. The second-order valence-electron chi connectivity index (χ2n) is 3.61. The number of nitrogens with two attached hydrogens (primary N) is 1. The zero-order chi connectivity index (χ0) is 13.5. The van der Waals surface area contributed by atoms with Crippen LogP contribution in [0.2, 0.25) is 0 Å². The van der Waals surface area contributed by atoms with E-state index in [4.69, 9.17) is 10.5 Å². The van der Waals surface area contributed by atoms with Gasteiger partial charge in [0.1, 0.15) is 12.1 Å². The van der Waals surface area contributed by atoms with E-state index in [-0.39, 0.29) is 0 Å². The topological polar surface area (TPSA) is 76.8 Å². The fraction of sp³-hybridized carbons (Fsp3) is 0.231. The summed E-state index contributed by atoms with van der Waals surface area (Å²) >= 11 is 1.56. The van der Waals surface area contributed by atoms with Crippen LogP contribution in [-0.4, -0.2) is 28.8 Å².